The first-order valence-electron chi connectivity index (χ1n) is 9.46. The Morgan fingerprint density at radius 2 is 1.78 bits per heavy atom. The van der Waals surface area contributed by atoms with E-state index in [1.54, 1.807) is 6.92 Å². The van der Waals surface area contributed by atoms with Crippen molar-refractivity contribution < 1.29 is 14.3 Å². The Kier molecular flexibility index (Phi) is 6.47. The standard InChI is InChI=1S/C22H26N2O3/c1-17(22(26)24-14-13-18-8-5-6-9-19(18)16-24)23-21(25)12-7-15-27-20-10-3-2-4-11-20/h2-6,8-11,17H,7,12-16H2,1H3,(H,23,25)/t17-/m1/s1. The summed E-state index contributed by atoms with van der Waals surface area (Å²) in [5.74, 6) is 0.648. The summed E-state index contributed by atoms with van der Waals surface area (Å²) in [6.07, 6.45) is 1.81. The summed E-state index contributed by atoms with van der Waals surface area (Å²) < 4.78 is 5.58. The number of amides is 2. The van der Waals surface area contributed by atoms with E-state index < -0.39 is 6.04 Å². The van der Waals surface area contributed by atoms with Gasteiger partial charge in [-0.25, -0.2) is 0 Å². The highest BCUT2D eigenvalue weighted by Gasteiger charge is 2.25. The third-order valence-electron chi connectivity index (χ3n) is 4.75. The number of nitrogens with one attached hydrogen (secondary N) is 1. The van der Waals surface area contributed by atoms with E-state index in [0.717, 1.165) is 12.2 Å². The smallest absolute Gasteiger partial charge is 0.245 e. The van der Waals surface area contributed by atoms with E-state index in [1.165, 1.54) is 11.1 Å². The molecule has 3 rings (SSSR count). The lowest BCUT2D eigenvalue weighted by Gasteiger charge is -2.31. The quantitative estimate of drug-likeness (QED) is 0.767. The minimum atomic E-state index is -0.516. The lowest BCUT2D eigenvalue weighted by atomic mass is 9.99. The zero-order chi connectivity index (χ0) is 19.1. The highest BCUT2D eigenvalue weighted by Crippen LogP contribution is 2.19. The number of hydrogen-bond acceptors (Lipinski definition) is 3. The number of rotatable bonds is 7. The van der Waals surface area contributed by atoms with Crippen LogP contribution in [0.15, 0.2) is 54.6 Å². The third kappa shape index (κ3) is 5.33. The molecule has 0 aliphatic carbocycles. The van der Waals surface area contributed by atoms with Gasteiger partial charge in [0.1, 0.15) is 11.8 Å². The molecule has 2 aromatic carbocycles. The molecule has 1 atom stereocenters. The van der Waals surface area contributed by atoms with E-state index in [-0.39, 0.29) is 11.8 Å². The van der Waals surface area contributed by atoms with Gasteiger partial charge >= 0.3 is 0 Å². The van der Waals surface area contributed by atoms with Crippen LogP contribution in [0.4, 0.5) is 0 Å². The van der Waals surface area contributed by atoms with Gasteiger partial charge in [0.25, 0.3) is 0 Å². The second-order valence-electron chi connectivity index (χ2n) is 6.83. The third-order valence-corrected chi connectivity index (χ3v) is 4.75. The summed E-state index contributed by atoms with van der Waals surface area (Å²) in [5.41, 5.74) is 2.49. The highest BCUT2D eigenvalue weighted by atomic mass is 16.5. The summed E-state index contributed by atoms with van der Waals surface area (Å²) in [6, 6.07) is 17.2. The number of hydrogen-bond donors (Lipinski definition) is 1. The molecule has 27 heavy (non-hydrogen) atoms. The lowest BCUT2D eigenvalue weighted by molar-refractivity contribution is -0.136. The van der Waals surface area contributed by atoms with Crippen LogP contribution < -0.4 is 10.1 Å². The Labute approximate surface area is 160 Å². The van der Waals surface area contributed by atoms with Crippen molar-refractivity contribution in [3.8, 4) is 5.75 Å². The van der Waals surface area contributed by atoms with Crippen molar-refractivity contribution in [2.24, 2.45) is 0 Å². The molecule has 0 bridgehead atoms. The van der Waals surface area contributed by atoms with Gasteiger partial charge in [-0.1, -0.05) is 42.5 Å². The molecule has 0 radical (unpaired) electrons. The Morgan fingerprint density at radius 1 is 1.07 bits per heavy atom. The van der Waals surface area contributed by atoms with Gasteiger partial charge in [-0.3, -0.25) is 9.59 Å². The van der Waals surface area contributed by atoms with Gasteiger partial charge in [0.2, 0.25) is 11.8 Å². The van der Waals surface area contributed by atoms with Gasteiger partial charge < -0.3 is 15.0 Å². The summed E-state index contributed by atoms with van der Waals surface area (Å²) >= 11 is 0. The van der Waals surface area contributed by atoms with Crippen LogP contribution in [-0.2, 0) is 22.6 Å². The SMILES string of the molecule is C[C@@H](NC(=O)CCCOc1ccccc1)C(=O)N1CCc2ccccc2C1. The molecule has 142 valence electrons. The monoisotopic (exact) mass is 366 g/mol. The van der Waals surface area contributed by atoms with Crippen molar-refractivity contribution in [1.82, 2.24) is 10.2 Å². The van der Waals surface area contributed by atoms with Crippen LogP contribution in [-0.4, -0.2) is 35.9 Å². The first kappa shape index (κ1) is 19.0. The number of carbonyl (C=O) groups is 2. The number of benzene rings is 2. The van der Waals surface area contributed by atoms with Crippen molar-refractivity contribution >= 4 is 11.8 Å². The van der Waals surface area contributed by atoms with E-state index in [2.05, 4.69) is 17.4 Å². The Hall–Kier alpha value is -2.82. The first-order valence-corrected chi connectivity index (χ1v) is 9.46. The lowest BCUT2D eigenvalue weighted by Crippen LogP contribution is -2.48. The molecule has 0 spiro atoms. The molecule has 2 aromatic rings. The minimum Gasteiger partial charge on any atom is -0.494 e. The van der Waals surface area contributed by atoms with Crippen LogP contribution in [0.2, 0.25) is 0 Å². The molecule has 0 fully saturated rings. The first-order chi connectivity index (χ1) is 13.1. The molecule has 1 aliphatic rings. The average Bonchev–Trinajstić information content (AvgIpc) is 2.71. The fourth-order valence-corrected chi connectivity index (χ4v) is 3.27. The van der Waals surface area contributed by atoms with Crippen molar-refractivity contribution in [1.29, 1.82) is 0 Å². The van der Waals surface area contributed by atoms with E-state index in [1.807, 2.05) is 47.4 Å². The van der Waals surface area contributed by atoms with E-state index in [0.29, 0.717) is 32.5 Å². The Bertz CT molecular complexity index is 776. The van der Waals surface area contributed by atoms with Crippen LogP contribution in [0.1, 0.15) is 30.9 Å². The van der Waals surface area contributed by atoms with Gasteiger partial charge in [-0.05, 0) is 43.0 Å². The molecule has 2 amide bonds. The Morgan fingerprint density at radius 3 is 2.56 bits per heavy atom. The average molecular weight is 366 g/mol. The van der Waals surface area contributed by atoms with Crippen molar-refractivity contribution in [3.63, 3.8) is 0 Å². The summed E-state index contributed by atoms with van der Waals surface area (Å²) in [5, 5.41) is 2.81. The molecular weight excluding hydrogens is 340 g/mol. The number of fused-ring (bicyclic) bond motifs is 1. The topological polar surface area (TPSA) is 58.6 Å². The normalized spacial score (nSPS) is 14.2. The van der Waals surface area contributed by atoms with Crippen LogP contribution in [0, 0.1) is 0 Å². The molecule has 0 aromatic heterocycles. The number of para-hydroxylation sites is 1. The number of nitrogens with zero attached hydrogens (tertiary/aromatic N) is 1. The van der Waals surface area contributed by atoms with Crippen molar-refractivity contribution in [3.05, 3.63) is 65.7 Å². The van der Waals surface area contributed by atoms with Crippen molar-refractivity contribution in [2.45, 2.75) is 38.8 Å². The van der Waals surface area contributed by atoms with E-state index >= 15 is 0 Å². The van der Waals surface area contributed by atoms with Crippen molar-refractivity contribution in [2.75, 3.05) is 13.2 Å². The molecule has 1 heterocycles. The van der Waals surface area contributed by atoms with Gasteiger partial charge in [0.05, 0.1) is 6.61 Å². The largest absolute Gasteiger partial charge is 0.494 e. The van der Waals surface area contributed by atoms with Gasteiger partial charge in [0, 0.05) is 19.5 Å². The number of carbonyl (C=O) groups excluding carboxylic acids is 2. The van der Waals surface area contributed by atoms with E-state index in [4.69, 9.17) is 4.74 Å². The maximum absolute atomic E-state index is 12.6. The zero-order valence-electron chi connectivity index (χ0n) is 15.7. The van der Waals surface area contributed by atoms with Gasteiger partial charge in [-0.2, -0.15) is 0 Å². The predicted molar refractivity (Wildman–Crippen MR) is 104 cm³/mol. The molecule has 1 N–H and O–H groups in total. The molecular formula is C22H26N2O3. The molecule has 5 nitrogen and oxygen atoms in total. The van der Waals surface area contributed by atoms with Crippen LogP contribution in [0.3, 0.4) is 0 Å². The summed E-state index contributed by atoms with van der Waals surface area (Å²) in [6.45, 7) is 3.53. The minimum absolute atomic E-state index is 0.0293. The molecule has 0 saturated carbocycles. The zero-order valence-corrected chi connectivity index (χ0v) is 15.7. The second kappa shape index (κ2) is 9.21. The molecule has 0 saturated heterocycles. The second-order valence-corrected chi connectivity index (χ2v) is 6.83. The molecule has 0 unspecified atom stereocenters. The van der Waals surface area contributed by atoms with Gasteiger partial charge in [0.15, 0.2) is 0 Å². The van der Waals surface area contributed by atoms with Crippen LogP contribution >= 0.6 is 0 Å². The van der Waals surface area contributed by atoms with E-state index in [9.17, 15) is 9.59 Å². The highest BCUT2D eigenvalue weighted by molar-refractivity contribution is 5.87. The Balaban J connectivity index is 1.39. The van der Waals surface area contributed by atoms with Crippen LogP contribution in [0.25, 0.3) is 0 Å². The number of ether oxygens (including phenoxy) is 1. The summed E-state index contributed by atoms with van der Waals surface area (Å²) in [7, 11) is 0. The van der Waals surface area contributed by atoms with Gasteiger partial charge in [-0.15, -0.1) is 0 Å². The predicted octanol–water partition coefficient (Wildman–Crippen LogP) is 2.94. The molecule has 1 aliphatic heterocycles. The fraction of sp³-hybridized carbons (Fsp3) is 0.364. The summed E-state index contributed by atoms with van der Waals surface area (Å²) in [4.78, 5) is 26.6. The van der Waals surface area contributed by atoms with Crippen LogP contribution in [0.5, 0.6) is 5.75 Å². The molecule has 5 heteroatoms. The maximum atomic E-state index is 12.6. The maximum Gasteiger partial charge on any atom is 0.245 e. The fourth-order valence-electron chi connectivity index (χ4n) is 3.27.